The molecule has 0 aromatic carbocycles. The van der Waals surface area contributed by atoms with Crippen molar-refractivity contribution in [2.75, 3.05) is 14.2 Å². The maximum Gasteiger partial charge on any atom is 0.487 e. The van der Waals surface area contributed by atoms with E-state index in [-0.39, 0.29) is 0 Å². The molecule has 0 heterocycles. The van der Waals surface area contributed by atoms with Crippen molar-refractivity contribution in [3.8, 4) is 0 Å². The van der Waals surface area contributed by atoms with Gasteiger partial charge in [0.05, 0.1) is 0 Å². The van der Waals surface area contributed by atoms with E-state index in [1.807, 2.05) is 0 Å². The van der Waals surface area contributed by atoms with Gasteiger partial charge in [0.25, 0.3) is 0 Å². The highest BCUT2D eigenvalue weighted by Crippen LogP contribution is 2.24. The van der Waals surface area contributed by atoms with Crippen LogP contribution in [0.5, 0.6) is 0 Å². The maximum absolute atomic E-state index is 10.6. The number of hydrogen-bond acceptors (Lipinski definition) is 15. The second kappa shape index (κ2) is 10.7. The van der Waals surface area contributed by atoms with Crippen molar-refractivity contribution in [1.82, 2.24) is 0 Å². The maximum atomic E-state index is 10.6. The van der Waals surface area contributed by atoms with Crippen LogP contribution >= 0.6 is 0 Å². The van der Waals surface area contributed by atoms with Gasteiger partial charge in [0.2, 0.25) is 0 Å². The molecular weight excluding hydrogens is 545 g/mol. The summed E-state index contributed by atoms with van der Waals surface area (Å²) in [5, 5.41) is 0. The predicted molar refractivity (Wildman–Crippen MR) is 117 cm³/mol. The average molecular weight is 579 g/mol. The Balaban J connectivity index is 5.30. The quantitative estimate of drug-likeness (QED) is 0.104. The van der Waals surface area contributed by atoms with E-state index < -0.39 is 61.6 Å². The lowest BCUT2D eigenvalue weighted by Gasteiger charge is -2.38. The van der Waals surface area contributed by atoms with Crippen LogP contribution in [0.4, 0.5) is 0 Å². The zero-order valence-electron chi connectivity index (χ0n) is 18.9. The third-order valence-electron chi connectivity index (χ3n) is 3.02. The Hall–Kier alpha value is 0.918. The van der Waals surface area contributed by atoms with E-state index in [2.05, 4.69) is 0 Å². The lowest BCUT2D eigenvalue weighted by molar-refractivity contribution is 0.0899. The molecule has 0 aliphatic rings. The first-order valence-corrected chi connectivity index (χ1v) is 24.6. The first kappa shape index (κ1) is 31.9. The van der Waals surface area contributed by atoms with E-state index in [0.717, 1.165) is 32.7 Å². The molecule has 0 radical (unpaired) electrons. The van der Waals surface area contributed by atoms with Crippen LogP contribution in [0.3, 0.4) is 0 Å². The zero-order valence-corrected chi connectivity index (χ0v) is 25.9. The Kier molecular flexibility index (Phi) is 11.0. The van der Waals surface area contributed by atoms with Crippen LogP contribution < -0.4 is 0 Å². The molecule has 0 aliphatic carbocycles. The summed E-state index contributed by atoms with van der Waals surface area (Å²) in [6, 6.07) is 0. The molecule has 0 spiro atoms. The molecule has 0 aromatic heterocycles. The first-order chi connectivity index (χ1) is 13.4. The van der Waals surface area contributed by atoms with Crippen LogP contribution in [0.15, 0.2) is 0 Å². The molecule has 0 saturated heterocycles. The molecule has 0 bridgehead atoms. The summed E-state index contributed by atoms with van der Waals surface area (Å²) in [6.07, 6.45) is 0. The van der Waals surface area contributed by atoms with Gasteiger partial charge < -0.3 is 67.1 Å². The van der Waals surface area contributed by atoms with Crippen LogP contribution in [0, 0.1) is 0 Å². The van der Waals surface area contributed by atoms with Crippen molar-refractivity contribution in [3.63, 3.8) is 0 Å². The second-order valence-electron chi connectivity index (χ2n) is 7.31. The fourth-order valence-corrected chi connectivity index (χ4v) is 22.8. The van der Waals surface area contributed by atoms with Crippen LogP contribution in [0.2, 0.25) is 45.8 Å². The molecule has 0 aromatic rings. The van der Waals surface area contributed by atoms with Crippen molar-refractivity contribution in [1.29, 1.82) is 0 Å². The van der Waals surface area contributed by atoms with Crippen LogP contribution in [0.25, 0.3) is 0 Å². The highest BCUT2D eigenvalue weighted by Gasteiger charge is 2.56. The topological polar surface area (TPSA) is 215 Å². The molecule has 15 nitrogen and oxygen atoms in total. The molecular formula is C9H34O15Si7. The van der Waals surface area contributed by atoms with E-state index in [1.165, 1.54) is 27.3 Å². The van der Waals surface area contributed by atoms with E-state index in [1.54, 1.807) is 0 Å². The third-order valence-corrected chi connectivity index (χ3v) is 22.7. The number of hydrogen-bond donors (Lipinski definition) is 7. The van der Waals surface area contributed by atoms with E-state index >= 15 is 0 Å². The molecule has 31 heavy (non-hydrogen) atoms. The van der Waals surface area contributed by atoms with Gasteiger partial charge in [-0.1, -0.05) is 0 Å². The van der Waals surface area contributed by atoms with E-state index in [9.17, 15) is 33.6 Å². The Morgan fingerprint density at radius 3 is 0.968 bits per heavy atom. The summed E-state index contributed by atoms with van der Waals surface area (Å²) < 4.78 is 41.0. The van der Waals surface area contributed by atoms with Gasteiger partial charge in [-0.2, -0.15) is 0 Å². The van der Waals surface area contributed by atoms with Crippen molar-refractivity contribution in [3.05, 3.63) is 0 Å². The van der Waals surface area contributed by atoms with Gasteiger partial charge in [-0.3, -0.25) is 0 Å². The molecule has 0 rings (SSSR count). The highest BCUT2D eigenvalue weighted by molar-refractivity contribution is 6.85. The lowest BCUT2D eigenvalue weighted by atomic mass is 11.8. The van der Waals surface area contributed by atoms with Crippen LogP contribution in [-0.4, -0.2) is 109 Å². The summed E-state index contributed by atoms with van der Waals surface area (Å²) >= 11 is 0. The highest BCUT2D eigenvalue weighted by atomic mass is 28.5. The molecule has 6 atom stereocenters. The summed E-state index contributed by atoms with van der Waals surface area (Å²) in [4.78, 5) is 70.4. The van der Waals surface area contributed by atoms with Crippen LogP contribution in [0.1, 0.15) is 0 Å². The van der Waals surface area contributed by atoms with E-state index in [0.29, 0.717) is 0 Å². The minimum absolute atomic E-state index is 0.950. The van der Waals surface area contributed by atoms with Gasteiger partial charge >= 0.3 is 61.6 Å². The van der Waals surface area contributed by atoms with Crippen molar-refractivity contribution in [2.24, 2.45) is 0 Å². The standard InChI is InChI=1S/C9H34O15Si7/c1-17-26(4,12)23-31(9,18-2)24-30(8,16)22-29(7,15)21-28(6,14)20-27(5,13)19-25(3,10)11/h10-16H,1-9H3. The van der Waals surface area contributed by atoms with Crippen molar-refractivity contribution < 1.29 is 67.1 Å². The summed E-state index contributed by atoms with van der Waals surface area (Å²) in [6.45, 7) is 7.80. The summed E-state index contributed by atoms with van der Waals surface area (Å²) in [5.74, 6) is 0. The molecule has 22 heteroatoms. The molecule has 7 N–H and O–H groups in total. The monoisotopic (exact) mass is 578 g/mol. The first-order valence-electron chi connectivity index (χ1n) is 8.74. The molecule has 0 aliphatic heterocycles. The summed E-state index contributed by atoms with van der Waals surface area (Å²) in [7, 11) is -26.3. The molecule has 0 saturated carbocycles. The van der Waals surface area contributed by atoms with Gasteiger partial charge in [0, 0.05) is 60.0 Å². The molecule has 0 fully saturated rings. The lowest BCUT2D eigenvalue weighted by Crippen LogP contribution is -2.65. The summed E-state index contributed by atoms with van der Waals surface area (Å²) in [5.41, 5.74) is 0. The normalized spacial score (nSPS) is 24.8. The van der Waals surface area contributed by atoms with Crippen LogP contribution in [-0.2, 0) is 33.5 Å². The fourth-order valence-electron chi connectivity index (χ4n) is 2.33. The minimum Gasteiger partial charge on any atom is -0.391 e. The van der Waals surface area contributed by atoms with Gasteiger partial charge in [0.15, 0.2) is 0 Å². The Bertz CT molecular complexity index is 582. The van der Waals surface area contributed by atoms with Gasteiger partial charge in [-0.15, -0.1) is 0 Å². The molecule has 0 amide bonds. The Labute approximate surface area is 188 Å². The zero-order chi connectivity index (χ0) is 25.2. The van der Waals surface area contributed by atoms with Gasteiger partial charge in [0.1, 0.15) is 0 Å². The average Bonchev–Trinajstić information content (AvgIpc) is 2.38. The van der Waals surface area contributed by atoms with Crippen molar-refractivity contribution in [2.45, 2.75) is 45.8 Å². The minimum atomic E-state index is -4.37. The van der Waals surface area contributed by atoms with Gasteiger partial charge in [-0.05, 0) is 0 Å². The Morgan fingerprint density at radius 2 is 0.677 bits per heavy atom. The third kappa shape index (κ3) is 14.0. The smallest absolute Gasteiger partial charge is 0.391 e. The van der Waals surface area contributed by atoms with Gasteiger partial charge in [-0.25, -0.2) is 0 Å². The fraction of sp³-hybridized carbons (Fsp3) is 1.00. The largest absolute Gasteiger partial charge is 0.487 e. The SMILES string of the molecule is CO[Si](C)(O)O[Si](C)(OC)O[Si](C)(O)O[Si](C)(O)O[Si](C)(O)O[Si](C)(O)O[Si](C)(O)O. The van der Waals surface area contributed by atoms with E-state index in [4.69, 9.17) is 33.5 Å². The van der Waals surface area contributed by atoms with Crippen molar-refractivity contribution >= 4 is 61.6 Å². The Morgan fingerprint density at radius 1 is 0.387 bits per heavy atom. The number of rotatable bonds is 14. The molecule has 6 unspecified atom stereocenters. The predicted octanol–water partition coefficient (Wildman–Crippen LogP) is -2.69. The second-order valence-corrected chi connectivity index (χ2v) is 25.6. The molecule has 188 valence electrons.